The van der Waals surface area contributed by atoms with Crippen molar-refractivity contribution in [1.29, 1.82) is 0 Å². The second kappa shape index (κ2) is 19.6. The van der Waals surface area contributed by atoms with Crippen LogP contribution in [0.5, 0.6) is 0 Å². The average molecular weight is 467 g/mol. The van der Waals surface area contributed by atoms with E-state index in [4.69, 9.17) is 18.9 Å². The standard InChI is InChI=1S/C21H42N2O7S/c1-21(2,3)23(20(25)26)9-6-4-5-8-22-19(24)7-10-27-11-12-28-13-14-29-15-16-30-17-18-31/h31H,4-18H2,1-3H3,(H,22,24)(H,25,26). The summed E-state index contributed by atoms with van der Waals surface area (Å²) >= 11 is 4.05. The van der Waals surface area contributed by atoms with E-state index in [1.807, 2.05) is 20.8 Å². The number of amides is 2. The molecule has 0 unspecified atom stereocenters. The molecule has 0 saturated carbocycles. The smallest absolute Gasteiger partial charge is 0.407 e. The molecule has 2 N–H and O–H groups in total. The van der Waals surface area contributed by atoms with Gasteiger partial charge in [-0.05, 0) is 40.0 Å². The van der Waals surface area contributed by atoms with Gasteiger partial charge in [-0.25, -0.2) is 4.79 Å². The van der Waals surface area contributed by atoms with Crippen LogP contribution in [-0.4, -0.2) is 99.2 Å². The van der Waals surface area contributed by atoms with Gasteiger partial charge in [0.2, 0.25) is 5.91 Å². The second-order valence-electron chi connectivity index (χ2n) is 7.94. The van der Waals surface area contributed by atoms with Crippen LogP contribution in [0.15, 0.2) is 0 Å². The van der Waals surface area contributed by atoms with Crippen LogP contribution < -0.4 is 5.32 Å². The van der Waals surface area contributed by atoms with Gasteiger partial charge in [-0.1, -0.05) is 0 Å². The highest BCUT2D eigenvalue weighted by molar-refractivity contribution is 7.80. The number of carbonyl (C=O) groups excluding carboxylic acids is 1. The van der Waals surface area contributed by atoms with E-state index in [0.717, 1.165) is 19.3 Å². The summed E-state index contributed by atoms with van der Waals surface area (Å²) in [4.78, 5) is 24.5. The SMILES string of the molecule is CC(C)(C)N(CCCCCNC(=O)CCOCCOCCOCCOCCS)C(=O)O. The number of ether oxygens (including phenoxy) is 4. The van der Waals surface area contributed by atoms with Crippen molar-refractivity contribution in [3.05, 3.63) is 0 Å². The van der Waals surface area contributed by atoms with Gasteiger partial charge in [-0.2, -0.15) is 12.6 Å². The minimum absolute atomic E-state index is 0.0451. The third-order valence-electron chi connectivity index (χ3n) is 4.25. The Morgan fingerprint density at radius 3 is 1.84 bits per heavy atom. The van der Waals surface area contributed by atoms with Gasteiger partial charge < -0.3 is 34.3 Å². The molecule has 0 aliphatic heterocycles. The van der Waals surface area contributed by atoms with Crippen molar-refractivity contribution >= 4 is 24.6 Å². The minimum Gasteiger partial charge on any atom is -0.465 e. The molecule has 184 valence electrons. The normalized spacial score (nSPS) is 11.5. The Labute approximate surface area is 192 Å². The van der Waals surface area contributed by atoms with Gasteiger partial charge in [0.15, 0.2) is 0 Å². The van der Waals surface area contributed by atoms with Crippen LogP contribution in [0.4, 0.5) is 4.79 Å². The molecule has 0 rings (SSSR count). The zero-order valence-electron chi connectivity index (χ0n) is 19.4. The van der Waals surface area contributed by atoms with Crippen molar-refractivity contribution in [3.63, 3.8) is 0 Å². The fourth-order valence-corrected chi connectivity index (χ4v) is 2.73. The van der Waals surface area contributed by atoms with Gasteiger partial charge in [-0.15, -0.1) is 0 Å². The summed E-state index contributed by atoms with van der Waals surface area (Å²) in [6.07, 6.45) is 1.87. The molecule has 0 radical (unpaired) electrons. The van der Waals surface area contributed by atoms with Crippen LogP contribution in [0.1, 0.15) is 46.5 Å². The van der Waals surface area contributed by atoms with Crippen molar-refractivity contribution in [2.45, 2.75) is 52.0 Å². The highest BCUT2D eigenvalue weighted by Gasteiger charge is 2.25. The Kier molecular flexibility index (Phi) is 18.9. The Morgan fingerprint density at radius 2 is 1.35 bits per heavy atom. The zero-order valence-corrected chi connectivity index (χ0v) is 20.3. The number of rotatable bonds is 20. The summed E-state index contributed by atoms with van der Waals surface area (Å²) in [7, 11) is 0. The molecule has 0 fully saturated rings. The van der Waals surface area contributed by atoms with Crippen LogP contribution >= 0.6 is 12.6 Å². The Bertz CT molecular complexity index is 461. The van der Waals surface area contributed by atoms with Crippen LogP contribution in [0.3, 0.4) is 0 Å². The summed E-state index contributed by atoms with van der Waals surface area (Å²) in [5.41, 5.74) is -0.403. The summed E-state index contributed by atoms with van der Waals surface area (Å²) in [6, 6.07) is 0. The highest BCUT2D eigenvalue weighted by atomic mass is 32.1. The number of nitrogens with zero attached hydrogens (tertiary/aromatic N) is 1. The van der Waals surface area contributed by atoms with Crippen LogP contribution in [-0.2, 0) is 23.7 Å². The van der Waals surface area contributed by atoms with Gasteiger partial charge >= 0.3 is 6.09 Å². The molecule has 0 spiro atoms. The van der Waals surface area contributed by atoms with E-state index in [0.29, 0.717) is 78.1 Å². The maximum atomic E-state index is 11.8. The quantitative estimate of drug-likeness (QED) is 0.187. The van der Waals surface area contributed by atoms with Crippen LogP contribution in [0.2, 0.25) is 0 Å². The van der Waals surface area contributed by atoms with Gasteiger partial charge in [-0.3, -0.25) is 4.79 Å². The molecule has 31 heavy (non-hydrogen) atoms. The lowest BCUT2D eigenvalue weighted by molar-refractivity contribution is -0.122. The minimum atomic E-state index is -0.898. The number of carbonyl (C=O) groups is 2. The van der Waals surface area contributed by atoms with E-state index in [1.54, 1.807) is 0 Å². The number of hydrogen-bond donors (Lipinski definition) is 3. The molecule has 0 aromatic heterocycles. The third-order valence-corrected chi connectivity index (χ3v) is 4.43. The van der Waals surface area contributed by atoms with E-state index in [1.165, 1.54) is 4.90 Å². The summed E-state index contributed by atoms with van der Waals surface area (Å²) in [5.74, 6) is 0.661. The molecule has 10 heteroatoms. The van der Waals surface area contributed by atoms with E-state index in [2.05, 4.69) is 17.9 Å². The van der Waals surface area contributed by atoms with E-state index >= 15 is 0 Å². The number of carboxylic acid groups (broad SMARTS) is 1. The molecule has 0 aliphatic carbocycles. The first-order chi connectivity index (χ1) is 14.8. The van der Waals surface area contributed by atoms with Gasteiger partial charge in [0, 0.05) is 30.8 Å². The first kappa shape index (κ1) is 29.9. The topological polar surface area (TPSA) is 107 Å². The second-order valence-corrected chi connectivity index (χ2v) is 8.39. The largest absolute Gasteiger partial charge is 0.465 e. The molecular weight excluding hydrogens is 424 g/mol. The third kappa shape index (κ3) is 19.3. The monoisotopic (exact) mass is 466 g/mol. The number of unbranched alkanes of at least 4 members (excludes halogenated alkanes) is 2. The van der Waals surface area contributed by atoms with E-state index in [9.17, 15) is 14.7 Å². The number of thiol groups is 1. The van der Waals surface area contributed by atoms with Gasteiger partial charge in [0.25, 0.3) is 0 Å². The zero-order chi connectivity index (χ0) is 23.4. The number of nitrogens with one attached hydrogen (secondary N) is 1. The maximum Gasteiger partial charge on any atom is 0.407 e. The van der Waals surface area contributed by atoms with Gasteiger partial charge in [0.05, 0.1) is 52.9 Å². The lowest BCUT2D eigenvalue weighted by Gasteiger charge is -2.33. The maximum absolute atomic E-state index is 11.8. The molecule has 0 bridgehead atoms. The predicted molar refractivity (Wildman–Crippen MR) is 123 cm³/mol. The first-order valence-electron chi connectivity index (χ1n) is 11.0. The Balaban J connectivity index is 3.41. The molecule has 0 saturated heterocycles. The fourth-order valence-electron chi connectivity index (χ4n) is 2.60. The Morgan fingerprint density at radius 1 is 0.839 bits per heavy atom. The molecule has 2 amide bonds. The predicted octanol–water partition coefficient (Wildman–Crippen LogP) is 2.44. The molecule has 0 aromatic rings. The summed E-state index contributed by atoms with van der Waals surface area (Å²) < 4.78 is 21.3. The molecule has 9 nitrogen and oxygen atoms in total. The highest BCUT2D eigenvalue weighted by Crippen LogP contribution is 2.14. The van der Waals surface area contributed by atoms with E-state index < -0.39 is 11.6 Å². The molecule has 0 aliphatic rings. The molecule has 0 aromatic carbocycles. The van der Waals surface area contributed by atoms with Crippen molar-refractivity contribution < 1.29 is 33.6 Å². The molecular formula is C21H42N2O7S. The van der Waals surface area contributed by atoms with Crippen LogP contribution in [0, 0.1) is 0 Å². The summed E-state index contributed by atoms with van der Waals surface area (Å²) in [6.45, 7) is 10.7. The van der Waals surface area contributed by atoms with Crippen LogP contribution in [0.25, 0.3) is 0 Å². The van der Waals surface area contributed by atoms with Gasteiger partial charge in [0.1, 0.15) is 0 Å². The van der Waals surface area contributed by atoms with Crippen molar-refractivity contribution in [1.82, 2.24) is 10.2 Å². The first-order valence-corrected chi connectivity index (χ1v) is 11.6. The van der Waals surface area contributed by atoms with Crippen molar-refractivity contribution in [2.24, 2.45) is 0 Å². The number of hydrogen-bond acceptors (Lipinski definition) is 7. The lowest BCUT2D eigenvalue weighted by atomic mass is 10.1. The van der Waals surface area contributed by atoms with Crippen molar-refractivity contribution in [3.8, 4) is 0 Å². The Hall–Kier alpha value is -1.07. The molecule has 0 heterocycles. The fraction of sp³-hybridized carbons (Fsp3) is 0.905. The summed E-state index contributed by atoms with van der Waals surface area (Å²) in [5, 5.41) is 12.1. The van der Waals surface area contributed by atoms with E-state index in [-0.39, 0.29) is 5.91 Å². The average Bonchev–Trinajstić information content (AvgIpc) is 2.69. The lowest BCUT2D eigenvalue weighted by Crippen LogP contribution is -2.45. The van der Waals surface area contributed by atoms with Crippen molar-refractivity contribution in [2.75, 3.05) is 71.7 Å². The molecule has 0 atom stereocenters.